The number of piperazine rings is 1. The molecule has 1 saturated heterocycles. The van der Waals surface area contributed by atoms with Crippen molar-refractivity contribution in [2.24, 2.45) is 13.0 Å². The van der Waals surface area contributed by atoms with Crippen LogP contribution in [-0.2, 0) is 22.8 Å². The number of carboxylic acids is 1. The normalized spacial score (nSPS) is 13.6. The molecule has 15 nitrogen and oxygen atoms in total. The van der Waals surface area contributed by atoms with E-state index in [1.807, 2.05) is 25.9 Å². The van der Waals surface area contributed by atoms with Crippen LogP contribution in [0.1, 0.15) is 53.4 Å². The second-order valence-electron chi connectivity index (χ2n) is 13.9. The predicted molar refractivity (Wildman–Crippen MR) is 209 cm³/mol. The highest BCUT2D eigenvalue weighted by Gasteiger charge is 2.39. The van der Waals surface area contributed by atoms with Gasteiger partial charge in [0, 0.05) is 76.6 Å². The Balaban J connectivity index is 0.00000178. The second-order valence-corrected chi connectivity index (χ2v) is 14.3. The molecule has 1 fully saturated rings. The van der Waals surface area contributed by atoms with Gasteiger partial charge in [0.1, 0.15) is 5.69 Å². The Hall–Kier alpha value is -5.53. The maximum Gasteiger partial charge on any atom is 0.435 e. The quantitative estimate of drug-likeness (QED) is 0.0882. The van der Waals surface area contributed by atoms with Crippen LogP contribution in [-0.4, -0.2) is 123 Å². The molecule has 20 heteroatoms. The fourth-order valence-corrected chi connectivity index (χ4v) is 6.56. The third kappa shape index (κ3) is 11.5. The number of benzene rings is 2. The summed E-state index contributed by atoms with van der Waals surface area (Å²) in [4.78, 5) is 58.5. The van der Waals surface area contributed by atoms with Crippen LogP contribution in [0.25, 0.3) is 16.9 Å². The SMILES string of the molecule is CC(=O)O.CCC(CC[NH2+]CCN(C)C)C(=O)N1CCN(C(=O)c2ccc(NC(=O)c3ncc(-c4cn(-c5ccc(N)cc5F)nc4C(F)(F)F)n3C)cc2Cl)CC1. The van der Waals surface area contributed by atoms with E-state index in [1.165, 1.54) is 37.4 Å². The van der Waals surface area contributed by atoms with Crippen molar-refractivity contribution in [3.63, 3.8) is 0 Å². The maximum atomic E-state index is 14.6. The molecule has 2 aromatic carbocycles. The molecule has 314 valence electrons. The Morgan fingerprint density at radius 3 is 2.29 bits per heavy atom. The average Bonchev–Trinajstić information content (AvgIpc) is 3.76. The highest BCUT2D eigenvalue weighted by Crippen LogP contribution is 2.37. The lowest BCUT2D eigenvalue weighted by atomic mass is 10.00. The summed E-state index contributed by atoms with van der Waals surface area (Å²) in [7, 11) is 5.41. The van der Waals surface area contributed by atoms with Gasteiger partial charge in [-0.25, -0.2) is 14.1 Å². The van der Waals surface area contributed by atoms with Gasteiger partial charge in [-0.2, -0.15) is 18.3 Å². The zero-order chi connectivity index (χ0) is 42.9. The van der Waals surface area contributed by atoms with E-state index >= 15 is 0 Å². The fourth-order valence-electron chi connectivity index (χ4n) is 6.30. The lowest BCUT2D eigenvalue weighted by Gasteiger charge is -2.36. The van der Waals surface area contributed by atoms with Gasteiger partial charge < -0.3 is 40.7 Å². The molecule has 3 amide bonds. The number of imidazole rings is 1. The minimum Gasteiger partial charge on any atom is -0.481 e. The molecule has 4 aromatic rings. The van der Waals surface area contributed by atoms with E-state index in [4.69, 9.17) is 27.2 Å². The van der Waals surface area contributed by atoms with E-state index in [-0.39, 0.29) is 56.9 Å². The molecule has 5 rings (SSSR count). The third-order valence-corrected chi connectivity index (χ3v) is 9.66. The highest BCUT2D eigenvalue weighted by molar-refractivity contribution is 6.34. The van der Waals surface area contributed by atoms with Gasteiger partial charge in [0.2, 0.25) is 5.91 Å². The number of alkyl halides is 3. The molecule has 0 spiro atoms. The number of quaternary nitrogens is 1. The molecule has 1 unspecified atom stereocenters. The first-order valence-electron chi connectivity index (χ1n) is 18.4. The molecule has 1 aliphatic heterocycles. The fraction of sp³-hybridized carbons (Fsp3) is 0.421. The number of anilines is 2. The summed E-state index contributed by atoms with van der Waals surface area (Å²) in [5, 5.41) is 15.9. The number of amides is 3. The van der Waals surface area contributed by atoms with Crippen molar-refractivity contribution in [1.29, 1.82) is 0 Å². The van der Waals surface area contributed by atoms with Crippen molar-refractivity contribution in [2.75, 3.05) is 71.0 Å². The van der Waals surface area contributed by atoms with Crippen LogP contribution in [0, 0.1) is 11.7 Å². The van der Waals surface area contributed by atoms with Crippen molar-refractivity contribution < 1.29 is 47.2 Å². The molecule has 6 N–H and O–H groups in total. The number of nitrogens with one attached hydrogen (secondary N) is 1. The van der Waals surface area contributed by atoms with Crippen LogP contribution < -0.4 is 16.4 Å². The van der Waals surface area contributed by atoms with Crippen LogP contribution in [0.15, 0.2) is 48.8 Å². The van der Waals surface area contributed by atoms with Crippen molar-refractivity contribution in [3.05, 3.63) is 76.7 Å². The van der Waals surface area contributed by atoms with Crippen LogP contribution in [0.5, 0.6) is 0 Å². The Morgan fingerprint density at radius 2 is 1.71 bits per heavy atom. The summed E-state index contributed by atoms with van der Waals surface area (Å²) in [6.45, 7) is 7.42. The predicted octanol–water partition coefficient (Wildman–Crippen LogP) is 3.84. The minimum atomic E-state index is -4.92. The van der Waals surface area contributed by atoms with Gasteiger partial charge in [-0.1, -0.05) is 18.5 Å². The molecule has 0 aliphatic carbocycles. The Bertz CT molecular complexity index is 2090. The second kappa shape index (κ2) is 19.8. The van der Waals surface area contributed by atoms with Crippen LogP contribution in [0.2, 0.25) is 5.02 Å². The molecule has 0 saturated carbocycles. The molecule has 0 bridgehead atoms. The first kappa shape index (κ1) is 45.2. The van der Waals surface area contributed by atoms with Crippen LogP contribution in [0.3, 0.4) is 0 Å². The number of aromatic nitrogens is 4. The number of carbonyl (C=O) groups is 4. The van der Waals surface area contributed by atoms with Crippen molar-refractivity contribution in [2.45, 2.75) is 32.9 Å². The number of hydrogen-bond acceptors (Lipinski definition) is 8. The number of rotatable bonds is 13. The van der Waals surface area contributed by atoms with Crippen LogP contribution in [0.4, 0.5) is 28.9 Å². The number of aliphatic carboxylic acids is 1. The largest absolute Gasteiger partial charge is 0.481 e. The van der Waals surface area contributed by atoms with E-state index in [0.717, 1.165) is 67.1 Å². The highest BCUT2D eigenvalue weighted by atomic mass is 35.5. The van der Waals surface area contributed by atoms with Gasteiger partial charge in [-0.3, -0.25) is 19.2 Å². The number of nitrogens with zero attached hydrogens (tertiary/aromatic N) is 7. The summed E-state index contributed by atoms with van der Waals surface area (Å²) < 4.78 is 58.7. The zero-order valence-electron chi connectivity index (χ0n) is 32.8. The number of nitrogens with two attached hydrogens (primary N) is 2. The van der Waals surface area contributed by atoms with Crippen molar-refractivity contribution in [1.82, 2.24) is 34.0 Å². The molecule has 1 atom stereocenters. The summed E-state index contributed by atoms with van der Waals surface area (Å²) >= 11 is 6.51. The Morgan fingerprint density at radius 1 is 1.05 bits per heavy atom. The van der Waals surface area contributed by atoms with E-state index in [0.29, 0.717) is 26.2 Å². The lowest BCUT2D eigenvalue weighted by Crippen LogP contribution is -2.85. The molecule has 0 radical (unpaired) electrons. The Labute approximate surface area is 337 Å². The average molecular weight is 836 g/mol. The maximum absolute atomic E-state index is 14.6. The molecule has 2 aromatic heterocycles. The van der Waals surface area contributed by atoms with Gasteiger partial charge >= 0.3 is 6.18 Å². The summed E-state index contributed by atoms with van der Waals surface area (Å²) in [5.74, 6) is -2.99. The van der Waals surface area contributed by atoms with Crippen molar-refractivity contribution in [3.8, 4) is 16.9 Å². The lowest BCUT2D eigenvalue weighted by molar-refractivity contribution is -0.655. The molecular formula is C38H48ClF4N10O5+. The van der Waals surface area contributed by atoms with E-state index in [1.54, 1.807) is 4.90 Å². The van der Waals surface area contributed by atoms with E-state index < -0.39 is 35.1 Å². The zero-order valence-corrected chi connectivity index (χ0v) is 33.6. The van der Waals surface area contributed by atoms with Gasteiger partial charge in [0.05, 0.1) is 41.1 Å². The first-order valence-corrected chi connectivity index (χ1v) is 18.8. The molecular weight excluding hydrogens is 788 g/mol. The number of hydrogen-bond donors (Lipinski definition) is 4. The Kier molecular flexibility index (Phi) is 15.4. The number of likely N-dealkylation sites (N-methyl/N-ethyl adjacent to an activating group) is 1. The summed E-state index contributed by atoms with van der Waals surface area (Å²) in [6, 6.07) is 7.85. The molecule has 3 heterocycles. The van der Waals surface area contributed by atoms with Crippen molar-refractivity contribution >= 4 is 46.7 Å². The number of carbonyl (C=O) groups excluding carboxylic acids is 3. The van der Waals surface area contributed by atoms with Gasteiger partial charge in [-0.05, 0) is 56.9 Å². The topological polar surface area (TPSA) is 189 Å². The first-order chi connectivity index (χ1) is 27.3. The summed E-state index contributed by atoms with van der Waals surface area (Å²) in [5.41, 5.74) is 3.99. The standard InChI is InChI=1S/C36H43ClF4N10O3.C2H4O2/c1-5-22(10-11-43-12-13-47(2)3)34(53)49-14-16-50(17-15-49)35(54)25-8-7-24(19-27(25)37)45-33(52)32-44-20-30(48(32)4)26-21-51(46-31(26)36(39,40)41)29-9-6-23(42)18-28(29)38;1-2(3)4/h6-9,18-22,43H,5,10-17,42H2,1-4H3,(H,45,52);1H3,(H,3,4)/p+1. The van der Waals surface area contributed by atoms with Gasteiger partial charge in [-0.15, -0.1) is 0 Å². The number of carboxylic acid groups (broad SMARTS) is 1. The number of halogens is 5. The minimum absolute atomic E-state index is 0.0694. The third-order valence-electron chi connectivity index (χ3n) is 9.35. The van der Waals surface area contributed by atoms with Crippen LogP contribution >= 0.6 is 11.6 Å². The smallest absolute Gasteiger partial charge is 0.435 e. The summed E-state index contributed by atoms with van der Waals surface area (Å²) in [6.07, 6.45) is -1.29. The van der Waals surface area contributed by atoms with Gasteiger partial charge in [0.15, 0.2) is 17.3 Å². The van der Waals surface area contributed by atoms with E-state index in [2.05, 4.69) is 25.6 Å². The molecule has 58 heavy (non-hydrogen) atoms. The molecule has 1 aliphatic rings. The number of nitrogen functional groups attached to an aromatic ring is 1. The monoisotopic (exact) mass is 835 g/mol. The van der Waals surface area contributed by atoms with Gasteiger partial charge in [0.25, 0.3) is 17.8 Å². The van der Waals surface area contributed by atoms with E-state index in [9.17, 15) is 31.9 Å².